The van der Waals surface area contributed by atoms with Crippen LogP contribution >= 0.6 is 0 Å². The molecule has 17 nitrogen and oxygen atoms in total. The number of aromatic amines is 1. The summed E-state index contributed by atoms with van der Waals surface area (Å²) in [6, 6.07) is 20.2. The number of hydrogen-bond acceptors (Lipinski definition) is 13. The molecule has 0 unspecified atom stereocenters. The summed E-state index contributed by atoms with van der Waals surface area (Å²) < 4.78 is 42.9. The number of aliphatic hydroxyl groups is 1. The molecule has 5 aliphatic rings. The van der Waals surface area contributed by atoms with Gasteiger partial charge in [0.05, 0.1) is 27.0 Å². The van der Waals surface area contributed by atoms with Crippen LogP contribution in [0.15, 0.2) is 77.8 Å². The average Bonchev–Trinajstić information content (AvgIpc) is 4.02. The largest absolute Gasteiger partial charge is 0.489 e. The number of carbonyl (C=O) groups is 2. The first-order valence-corrected chi connectivity index (χ1v) is 26.7. The summed E-state index contributed by atoms with van der Waals surface area (Å²) in [5, 5.41) is 29.7. The molecule has 5 N–H and O–H groups in total. The highest BCUT2D eigenvalue weighted by Crippen LogP contribution is 2.54. The first kappa shape index (κ1) is 48.4. The van der Waals surface area contributed by atoms with Crippen molar-refractivity contribution in [1.29, 1.82) is 0 Å². The van der Waals surface area contributed by atoms with Crippen LogP contribution in [0.25, 0.3) is 11.0 Å². The lowest BCUT2D eigenvalue weighted by Crippen LogP contribution is -2.54. The van der Waals surface area contributed by atoms with Crippen LogP contribution in [0.4, 0.5) is 22.9 Å². The fourth-order valence-electron chi connectivity index (χ4n) is 11.9. The Labute approximate surface area is 414 Å². The SMILES string of the molecule is CCC(=O)Nc1nc2[nH]ccc2cc1Oc1cc(N2CCC3(CC2)CC(N2CCC[C@H]2c2ccccc2C(C)C)C3)ccc1C(=O)NS(=O)(=O)c1cc2c(c([N+](=O)[O-])c1)N[C@@H](C1CCC(C)(O)CC1)CO2. The summed E-state index contributed by atoms with van der Waals surface area (Å²) in [5.41, 5.74) is 3.09. The number of benzene rings is 3. The van der Waals surface area contributed by atoms with E-state index in [4.69, 9.17) is 9.47 Å². The molecule has 2 saturated carbocycles. The van der Waals surface area contributed by atoms with Gasteiger partial charge in [0.25, 0.3) is 21.6 Å². The zero-order valence-electron chi connectivity index (χ0n) is 40.8. The number of pyridine rings is 1. The Hall–Kier alpha value is -6.24. The van der Waals surface area contributed by atoms with E-state index in [1.54, 1.807) is 44.3 Å². The third-order valence-electron chi connectivity index (χ3n) is 16.0. The summed E-state index contributed by atoms with van der Waals surface area (Å²) in [4.78, 5) is 51.0. The molecule has 2 aromatic heterocycles. The molecule has 3 aliphatic heterocycles. The molecule has 10 rings (SSSR count). The molecular weight excluding hydrogens is 925 g/mol. The molecule has 1 spiro atoms. The van der Waals surface area contributed by atoms with E-state index in [1.165, 1.54) is 36.1 Å². The number of hydrogen-bond donors (Lipinski definition) is 5. The Bertz CT molecular complexity index is 2970. The van der Waals surface area contributed by atoms with E-state index in [0.29, 0.717) is 54.7 Å². The molecule has 5 aromatic rings. The highest BCUT2D eigenvalue weighted by molar-refractivity contribution is 7.90. The van der Waals surface area contributed by atoms with Crippen LogP contribution in [0.1, 0.15) is 132 Å². The van der Waals surface area contributed by atoms with E-state index in [2.05, 4.69) is 73.2 Å². The number of rotatable bonds is 13. The summed E-state index contributed by atoms with van der Waals surface area (Å²) >= 11 is 0. The van der Waals surface area contributed by atoms with Gasteiger partial charge in [-0.25, -0.2) is 18.1 Å². The smallest absolute Gasteiger partial charge is 0.297 e. The quantitative estimate of drug-likeness (QED) is 0.0549. The van der Waals surface area contributed by atoms with Crippen molar-refractivity contribution in [2.24, 2.45) is 11.3 Å². The van der Waals surface area contributed by atoms with Crippen LogP contribution < -0.4 is 29.7 Å². The lowest BCUT2D eigenvalue weighted by Gasteiger charge is -2.56. The van der Waals surface area contributed by atoms with Crippen LogP contribution in [-0.2, 0) is 14.8 Å². The predicted molar refractivity (Wildman–Crippen MR) is 271 cm³/mol. The van der Waals surface area contributed by atoms with Crippen molar-refractivity contribution in [3.63, 3.8) is 0 Å². The van der Waals surface area contributed by atoms with Crippen molar-refractivity contribution in [3.8, 4) is 17.2 Å². The maximum absolute atomic E-state index is 14.3. The van der Waals surface area contributed by atoms with E-state index >= 15 is 0 Å². The van der Waals surface area contributed by atoms with Gasteiger partial charge in [-0.1, -0.05) is 45.0 Å². The minimum atomic E-state index is -4.74. The number of piperidine rings is 1. The Morgan fingerprint density at radius 3 is 2.49 bits per heavy atom. The summed E-state index contributed by atoms with van der Waals surface area (Å²) in [6.07, 6.45) is 11.1. The highest BCUT2D eigenvalue weighted by atomic mass is 32.2. The summed E-state index contributed by atoms with van der Waals surface area (Å²) in [5.74, 6) is -0.565. The molecule has 376 valence electrons. The van der Waals surface area contributed by atoms with E-state index in [9.17, 15) is 33.2 Å². The Balaban J connectivity index is 0.894. The third-order valence-corrected chi connectivity index (χ3v) is 17.3. The predicted octanol–water partition coefficient (Wildman–Crippen LogP) is 9.55. The zero-order chi connectivity index (χ0) is 49.8. The van der Waals surface area contributed by atoms with Gasteiger partial charge < -0.3 is 35.1 Å². The number of nitro benzene ring substituents is 1. The standard InChI is InChI=1S/C53H64N8O9S/c1-5-47(62)56-50-46(25-34-16-21-54-49(34)57-50)70-44-26-35(59-23-19-53(20-24-59)29-36(30-53)60-22-8-11-42(60)39-10-7-6-9-38(39)32(2)3)12-13-40(44)51(63)58-71(67,68)37-27-43(61(65)66)48-45(28-37)69-31-41(55-48)33-14-17-52(4,64)18-15-33/h6-7,9-10,12-13,16,21,25-28,32-33,36,41-42,55,64H,5,8,11,14-15,17-20,22-24,29-31H2,1-4H3,(H,58,63)(H2,54,56,57,62)/t33?,41-,42+,52?/m1/s1. The number of carbonyl (C=O) groups excluding carboxylic acids is 2. The maximum atomic E-state index is 14.3. The Morgan fingerprint density at radius 2 is 1.76 bits per heavy atom. The van der Waals surface area contributed by atoms with Gasteiger partial charge in [-0.15, -0.1) is 0 Å². The molecule has 4 fully saturated rings. The first-order valence-electron chi connectivity index (χ1n) is 25.2. The van der Waals surface area contributed by atoms with Crippen molar-refractivity contribution in [2.45, 2.75) is 133 Å². The number of nitrogens with one attached hydrogen (secondary N) is 4. The number of nitrogens with zero attached hydrogens (tertiary/aromatic N) is 4. The normalized spacial score (nSPS) is 23.4. The number of fused-ring (bicyclic) bond motifs is 2. The van der Waals surface area contributed by atoms with E-state index in [-0.39, 0.29) is 70.6 Å². The molecule has 2 amide bonds. The number of anilines is 3. The molecule has 2 atom stereocenters. The second kappa shape index (κ2) is 19.1. The zero-order valence-corrected chi connectivity index (χ0v) is 41.6. The van der Waals surface area contributed by atoms with Crippen LogP contribution in [0, 0.1) is 21.4 Å². The second-order valence-electron chi connectivity index (χ2n) is 21.1. The molecule has 3 aromatic carbocycles. The molecule has 5 heterocycles. The molecule has 0 radical (unpaired) electrons. The summed E-state index contributed by atoms with van der Waals surface area (Å²) in [6.45, 7) is 10.9. The van der Waals surface area contributed by atoms with Gasteiger partial charge >= 0.3 is 0 Å². The fourth-order valence-corrected chi connectivity index (χ4v) is 12.9. The number of nitro groups is 1. The lowest BCUT2D eigenvalue weighted by molar-refractivity contribution is -0.384. The van der Waals surface area contributed by atoms with E-state index < -0.39 is 37.0 Å². The van der Waals surface area contributed by atoms with Gasteiger partial charge in [0.1, 0.15) is 18.0 Å². The van der Waals surface area contributed by atoms with Gasteiger partial charge in [0.15, 0.2) is 23.0 Å². The van der Waals surface area contributed by atoms with E-state index in [1.807, 2.05) is 0 Å². The highest BCUT2D eigenvalue weighted by Gasteiger charge is 2.50. The number of amides is 2. The first-order chi connectivity index (χ1) is 34.0. The van der Waals surface area contributed by atoms with Crippen molar-refractivity contribution in [2.75, 3.05) is 41.8 Å². The van der Waals surface area contributed by atoms with Crippen molar-refractivity contribution in [1.82, 2.24) is 19.6 Å². The molecule has 18 heteroatoms. The van der Waals surface area contributed by atoms with E-state index in [0.717, 1.165) is 57.1 Å². The lowest BCUT2D eigenvalue weighted by atomic mass is 9.59. The molecule has 0 bridgehead atoms. The molecular formula is C53H64N8O9S. The monoisotopic (exact) mass is 988 g/mol. The third kappa shape index (κ3) is 9.77. The number of sulfonamides is 1. The summed E-state index contributed by atoms with van der Waals surface area (Å²) in [7, 11) is -4.74. The average molecular weight is 989 g/mol. The van der Waals surface area contributed by atoms with Gasteiger partial charge in [-0.3, -0.25) is 24.6 Å². The van der Waals surface area contributed by atoms with Crippen LogP contribution in [0.5, 0.6) is 17.2 Å². The fraction of sp³-hybridized carbons (Fsp3) is 0.491. The molecule has 2 aliphatic carbocycles. The maximum Gasteiger partial charge on any atom is 0.297 e. The number of likely N-dealkylation sites (tertiary alicyclic amines) is 1. The number of aromatic nitrogens is 2. The van der Waals surface area contributed by atoms with Gasteiger partial charge in [-0.2, -0.15) is 0 Å². The van der Waals surface area contributed by atoms with Crippen LogP contribution in [0.3, 0.4) is 0 Å². The van der Waals surface area contributed by atoms with Crippen molar-refractivity contribution >= 4 is 55.8 Å². The van der Waals surface area contributed by atoms with Crippen molar-refractivity contribution < 1.29 is 37.5 Å². The van der Waals surface area contributed by atoms with Crippen molar-refractivity contribution in [3.05, 3.63) is 99.7 Å². The topological polar surface area (TPSA) is 221 Å². The molecule has 71 heavy (non-hydrogen) atoms. The minimum absolute atomic E-state index is 0.0175. The second-order valence-corrected chi connectivity index (χ2v) is 22.7. The number of H-pyrrole nitrogens is 1. The van der Waals surface area contributed by atoms with Crippen LogP contribution in [-0.4, -0.2) is 89.1 Å². The number of ether oxygens (including phenoxy) is 2. The van der Waals surface area contributed by atoms with Gasteiger partial charge in [-0.05, 0) is 130 Å². The van der Waals surface area contributed by atoms with Crippen LogP contribution in [0.2, 0.25) is 0 Å². The molecule has 2 saturated heterocycles. The Morgan fingerprint density at radius 1 is 1.00 bits per heavy atom. The van der Waals surface area contributed by atoms with Gasteiger partial charge in [0, 0.05) is 67.1 Å². The van der Waals surface area contributed by atoms with Gasteiger partial charge in [0.2, 0.25) is 5.91 Å². The Kier molecular flexibility index (Phi) is 13.0. The minimum Gasteiger partial charge on any atom is -0.489 e.